The zero-order valence-electron chi connectivity index (χ0n) is 14.1. The van der Waals surface area contributed by atoms with Crippen LogP contribution in [0.15, 0.2) is 24.3 Å². The Bertz CT molecular complexity index is 500. The lowest BCUT2D eigenvalue weighted by molar-refractivity contribution is -0.121. The summed E-state index contributed by atoms with van der Waals surface area (Å²) in [6.07, 6.45) is 1.24. The second kappa shape index (κ2) is 9.20. The van der Waals surface area contributed by atoms with E-state index in [1.807, 2.05) is 45.3 Å². The predicted molar refractivity (Wildman–Crippen MR) is 90.0 cm³/mol. The molecule has 0 unspecified atom stereocenters. The van der Waals surface area contributed by atoms with E-state index in [9.17, 15) is 9.59 Å². The number of hydrogen-bond donors (Lipinski definition) is 1. The molecule has 0 fully saturated rings. The van der Waals surface area contributed by atoms with E-state index in [2.05, 4.69) is 10.2 Å². The molecule has 0 saturated carbocycles. The number of rotatable bonds is 8. The van der Waals surface area contributed by atoms with Crippen LogP contribution >= 0.6 is 0 Å². The minimum atomic E-state index is -0.0500. The summed E-state index contributed by atoms with van der Waals surface area (Å²) < 4.78 is 0. The second-order valence-corrected chi connectivity index (χ2v) is 5.77. The SMILES string of the molecule is CC(=O)N(CCC(=O)NCCCN(C)C)c1cccc(C)c1. The van der Waals surface area contributed by atoms with Crippen LogP contribution in [0.25, 0.3) is 0 Å². The molecule has 5 nitrogen and oxygen atoms in total. The van der Waals surface area contributed by atoms with Crippen molar-refractivity contribution in [2.75, 3.05) is 38.6 Å². The number of carbonyl (C=O) groups is 2. The third-order valence-electron chi connectivity index (χ3n) is 3.36. The van der Waals surface area contributed by atoms with Gasteiger partial charge in [0.15, 0.2) is 0 Å². The number of amides is 2. The van der Waals surface area contributed by atoms with Gasteiger partial charge in [0.05, 0.1) is 0 Å². The number of nitrogens with one attached hydrogen (secondary N) is 1. The largest absolute Gasteiger partial charge is 0.356 e. The monoisotopic (exact) mass is 305 g/mol. The van der Waals surface area contributed by atoms with Gasteiger partial charge in [-0.1, -0.05) is 12.1 Å². The molecule has 0 spiro atoms. The van der Waals surface area contributed by atoms with Gasteiger partial charge in [0.2, 0.25) is 11.8 Å². The summed E-state index contributed by atoms with van der Waals surface area (Å²) in [6, 6.07) is 7.75. The molecule has 0 heterocycles. The highest BCUT2D eigenvalue weighted by Gasteiger charge is 2.13. The van der Waals surface area contributed by atoms with Crippen LogP contribution in [0, 0.1) is 6.92 Å². The van der Waals surface area contributed by atoms with Crippen LogP contribution in [0.3, 0.4) is 0 Å². The zero-order chi connectivity index (χ0) is 16.5. The third kappa shape index (κ3) is 6.72. The highest BCUT2D eigenvalue weighted by atomic mass is 16.2. The molecule has 0 saturated heterocycles. The van der Waals surface area contributed by atoms with E-state index in [-0.39, 0.29) is 11.8 Å². The molecule has 1 aromatic rings. The molecular weight excluding hydrogens is 278 g/mol. The molecule has 22 heavy (non-hydrogen) atoms. The van der Waals surface area contributed by atoms with E-state index < -0.39 is 0 Å². The fourth-order valence-corrected chi connectivity index (χ4v) is 2.19. The van der Waals surface area contributed by atoms with E-state index in [4.69, 9.17) is 0 Å². The summed E-state index contributed by atoms with van der Waals surface area (Å²) >= 11 is 0. The van der Waals surface area contributed by atoms with Crippen molar-refractivity contribution in [3.8, 4) is 0 Å². The summed E-state index contributed by atoms with van der Waals surface area (Å²) in [4.78, 5) is 27.4. The van der Waals surface area contributed by atoms with Crippen molar-refractivity contribution in [2.24, 2.45) is 0 Å². The standard InChI is InChI=1S/C17H27N3O2/c1-14-7-5-8-16(13-14)20(15(2)21)12-9-17(22)18-10-6-11-19(3)4/h5,7-8,13H,6,9-12H2,1-4H3,(H,18,22). The normalized spacial score (nSPS) is 10.6. The number of benzene rings is 1. The number of anilines is 1. The van der Waals surface area contributed by atoms with Gasteiger partial charge in [-0.05, 0) is 51.7 Å². The van der Waals surface area contributed by atoms with Crippen molar-refractivity contribution in [1.29, 1.82) is 0 Å². The van der Waals surface area contributed by atoms with Crippen LogP contribution in [-0.2, 0) is 9.59 Å². The Balaban J connectivity index is 2.45. The first-order valence-corrected chi connectivity index (χ1v) is 7.66. The van der Waals surface area contributed by atoms with E-state index in [0.29, 0.717) is 19.5 Å². The summed E-state index contributed by atoms with van der Waals surface area (Å²) in [5, 5.41) is 2.89. The first kappa shape index (κ1) is 18.2. The number of carbonyl (C=O) groups excluding carboxylic acids is 2. The Morgan fingerprint density at radius 1 is 1.18 bits per heavy atom. The third-order valence-corrected chi connectivity index (χ3v) is 3.36. The van der Waals surface area contributed by atoms with E-state index in [0.717, 1.165) is 24.2 Å². The Hall–Kier alpha value is -1.88. The number of aryl methyl sites for hydroxylation is 1. The molecule has 0 atom stereocenters. The van der Waals surface area contributed by atoms with Crippen molar-refractivity contribution in [2.45, 2.75) is 26.7 Å². The molecule has 2 amide bonds. The van der Waals surface area contributed by atoms with Crippen molar-refractivity contribution in [3.63, 3.8) is 0 Å². The Morgan fingerprint density at radius 3 is 2.50 bits per heavy atom. The van der Waals surface area contributed by atoms with Crippen molar-refractivity contribution in [1.82, 2.24) is 10.2 Å². The molecule has 0 aliphatic rings. The molecule has 0 aromatic heterocycles. The van der Waals surface area contributed by atoms with Gasteiger partial charge >= 0.3 is 0 Å². The highest BCUT2D eigenvalue weighted by molar-refractivity contribution is 5.92. The summed E-state index contributed by atoms with van der Waals surface area (Å²) in [7, 11) is 4.02. The maximum atomic E-state index is 11.9. The Kier molecular flexibility index (Phi) is 7.60. The average molecular weight is 305 g/mol. The minimum Gasteiger partial charge on any atom is -0.356 e. The average Bonchev–Trinajstić information content (AvgIpc) is 2.43. The van der Waals surface area contributed by atoms with E-state index in [1.54, 1.807) is 4.90 Å². The van der Waals surface area contributed by atoms with Crippen LogP contribution in [-0.4, -0.2) is 50.4 Å². The topological polar surface area (TPSA) is 52.7 Å². The lowest BCUT2D eigenvalue weighted by Gasteiger charge is -2.21. The minimum absolute atomic E-state index is 0.0161. The molecule has 1 aromatic carbocycles. The lowest BCUT2D eigenvalue weighted by atomic mass is 10.2. The van der Waals surface area contributed by atoms with E-state index >= 15 is 0 Å². The zero-order valence-corrected chi connectivity index (χ0v) is 14.1. The van der Waals surface area contributed by atoms with Crippen LogP contribution in [0.1, 0.15) is 25.3 Å². The van der Waals surface area contributed by atoms with Crippen LogP contribution in [0.5, 0.6) is 0 Å². The van der Waals surface area contributed by atoms with Gasteiger partial charge in [0.1, 0.15) is 0 Å². The van der Waals surface area contributed by atoms with Crippen LogP contribution in [0.2, 0.25) is 0 Å². The van der Waals surface area contributed by atoms with Gasteiger partial charge in [-0.2, -0.15) is 0 Å². The molecule has 0 radical (unpaired) electrons. The molecule has 122 valence electrons. The Labute approximate surface area is 133 Å². The molecular formula is C17H27N3O2. The first-order valence-electron chi connectivity index (χ1n) is 7.66. The van der Waals surface area contributed by atoms with Crippen LogP contribution < -0.4 is 10.2 Å². The quantitative estimate of drug-likeness (QED) is 0.745. The van der Waals surface area contributed by atoms with Crippen molar-refractivity contribution in [3.05, 3.63) is 29.8 Å². The molecule has 5 heteroatoms. The van der Waals surface area contributed by atoms with E-state index in [1.165, 1.54) is 6.92 Å². The smallest absolute Gasteiger partial charge is 0.223 e. The van der Waals surface area contributed by atoms with Crippen LogP contribution in [0.4, 0.5) is 5.69 Å². The maximum absolute atomic E-state index is 11.9. The number of hydrogen-bond acceptors (Lipinski definition) is 3. The summed E-state index contributed by atoms with van der Waals surface area (Å²) in [6.45, 7) is 5.53. The van der Waals surface area contributed by atoms with Crippen molar-refractivity contribution < 1.29 is 9.59 Å². The molecule has 0 aliphatic heterocycles. The highest BCUT2D eigenvalue weighted by Crippen LogP contribution is 2.16. The fourth-order valence-electron chi connectivity index (χ4n) is 2.19. The lowest BCUT2D eigenvalue weighted by Crippen LogP contribution is -2.34. The Morgan fingerprint density at radius 2 is 1.91 bits per heavy atom. The maximum Gasteiger partial charge on any atom is 0.223 e. The number of nitrogens with zero attached hydrogens (tertiary/aromatic N) is 2. The van der Waals surface area contributed by atoms with Gasteiger partial charge in [-0.25, -0.2) is 0 Å². The molecule has 0 aliphatic carbocycles. The van der Waals surface area contributed by atoms with Crippen molar-refractivity contribution >= 4 is 17.5 Å². The predicted octanol–water partition coefficient (Wildman–Crippen LogP) is 1.81. The second-order valence-electron chi connectivity index (χ2n) is 5.77. The molecule has 0 bridgehead atoms. The van der Waals surface area contributed by atoms with Gasteiger partial charge in [0.25, 0.3) is 0 Å². The van der Waals surface area contributed by atoms with Gasteiger partial charge in [0, 0.05) is 32.1 Å². The van der Waals surface area contributed by atoms with Gasteiger partial charge < -0.3 is 15.1 Å². The molecule has 1 rings (SSSR count). The van der Waals surface area contributed by atoms with Gasteiger partial charge in [-0.3, -0.25) is 9.59 Å². The first-order chi connectivity index (χ1) is 10.4. The summed E-state index contributed by atoms with van der Waals surface area (Å²) in [5.41, 5.74) is 1.93. The molecule has 1 N–H and O–H groups in total. The van der Waals surface area contributed by atoms with Gasteiger partial charge in [-0.15, -0.1) is 0 Å². The summed E-state index contributed by atoms with van der Waals surface area (Å²) in [5.74, 6) is -0.0660. The fraction of sp³-hybridized carbons (Fsp3) is 0.529.